The van der Waals surface area contributed by atoms with Crippen molar-refractivity contribution in [2.75, 3.05) is 14.2 Å². The predicted octanol–water partition coefficient (Wildman–Crippen LogP) is 4.14. The summed E-state index contributed by atoms with van der Waals surface area (Å²) >= 11 is 0. The summed E-state index contributed by atoms with van der Waals surface area (Å²) in [6.07, 6.45) is 0. The van der Waals surface area contributed by atoms with Gasteiger partial charge >= 0.3 is 5.97 Å². The number of benzene rings is 3. The van der Waals surface area contributed by atoms with Crippen LogP contribution in [0.3, 0.4) is 0 Å². The van der Waals surface area contributed by atoms with E-state index >= 15 is 0 Å². The summed E-state index contributed by atoms with van der Waals surface area (Å²) in [5.74, 6) is 0.740. The number of nitriles is 1. The molecule has 1 atom stereocenters. The summed E-state index contributed by atoms with van der Waals surface area (Å²) in [5, 5.41) is 9.71. The molecule has 0 radical (unpaired) electrons. The van der Waals surface area contributed by atoms with Crippen molar-refractivity contribution in [3.63, 3.8) is 0 Å². The number of carbonyl (C=O) groups is 1. The average molecular weight is 428 g/mol. The van der Waals surface area contributed by atoms with Gasteiger partial charge in [-0.3, -0.25) is 0 Å². The Morgan fingerprint density at radius 3 is 2.56 bits per heavy atom. The minimum Gasteiger partial charge on any atom is -0.497 e. The first-order chi connectivity index (χ1) is 15.5. The van der Waals surface area contributed by atoms with Crippen molar-refractivity contribution < 1.29 is 23.7 Å². The van der Waals surface area contributed by atoms with Crippen molar-refractivity contribution in [3.05, 3.63) is 94.9 Å². The highest BCUT2D eigenvalue weighted by Crippen LogP contribution is 2.44. The zero-order chi connectivity index (χ0) is 22.7. The molecule has 3 aromatic rings. The molecule has 0 saturated heterocycles. The predicted molar refractivity (Wildman–Crippen MR) is 117 cm³/mol. The number of hydrogen-bond donors (Lipinski definition) is 1. The van der Waals surface area contributed by atoms with E-state index in [1.165, 1.54) is 7.11 Å². The third kappa shape index (κ3) is 3.82. The van der Waals surface area contributed by atoms with Gasteiger partial charge in [0.1, 0.15) is 40.2 Å². The van der Waals surface area contributed by atoms with E-state index in [0.717, 1.165) is 11.1 Å². The number of hydrogen-bond acceptors (Lipinski definition) is 7. The van der Waals surface area contributed by atoms with Crippen LogP contribution in [-0.4, -0.2) is 20.2 Å². The number of esters is 1. The number of fused-ring (bicyclic) bond motifs is 1. The van der Waals surface area contributed by atoms with Crippen molar-refractivity contribution in [2.45, 2.75) is 5.92 Å². The van der Waals surface area contributed by atoms with Crippen LogP contribution < -0.4 is 24.7 Å². The fourth-order valence-corrected chi connectivity index (χ4v) is 3.64. The number of carbonyl (C=O) groups excluding carboxylic acids is 1. The summed E-state index contributed by atoms with van der Waals surface area (Å²) in [4.78, 5) is 12.6. The van der Waals surface area contributed by atoms with Crippen LogP contribution in [0.5, 0.6) is 23.0 Å². The number of nitrogens with zero attached hydrogens (tertiary/aromatic N) is 1. The van der Waals surface area contributed by atoms with Crippen molar-refractivity contribution in [1.29, 1.82) is 5.26 Å². The minimum absolute atomic E-state index is 0.000949. The van der Waals surface area contributed by atoms with Crippen LogP contribution in [0.25, 0.3) is 0 Å². The first kappa shape index (κ1) is 20.8. The van der Waals surface area contributed by atoms with Crippen LogP contribution in [0.4, 0.5) is 0 Å². The van der Waals surface area contributed by atoms with Crippen molar-refractivity contribution in [1.82, 2.24) is 0 Å². The van der Waals surface area contributed by atoms with Gasteiger partial charge in [-0.25, -0.2) is 4.79 Å². The Labute approximate surface area is 185 Å². The molecule has 0 fully saturated rings. The monoisotopic (exact) mass is 428 g/mol. The van der Waals surface area contributed by atoms with E-state index in [1.54, 1.807) is 49.6 Å². The van der Waals surface area contributed by atoms with Gasteiger partial charge in [0, 0.05) is 11.6 Å². The van der Waals surface area contributed by atoms with E-state index in [0.29, 0.717) is 28.4 Å². The molecule has 1 unspecified atom stereocenters. The molecule has 7 nitrogen and oxygen atoms in total. The van der Waals surface area contributed by atoms with Gasteiger partial charge in [-0.2, -0.15) is 5.26 Å². The lowest BCUT2D eigenvalue weighted by Crippen LogP contribution is -2.21. The summed E-state index contributed by atoms with van der Waals surface area (Å²) in [7, 11) is 3.06. The lowest BCUT2D eigenvalue weighted by molar-refractivity contribution is 0.0731. The minimum atomic E-state index is -0.566. The van der Waals surface area contributed by atoms with E-state index in [4.69, 9.17) is 24.7 Å². The Hall–Kier alpha value is -4.44. The first-order valence-electron chi connectivity index (χ1n) is 9.76. The molecular formula is C25H20N2O5. The zero-order valence-corrected chi connectivity index (χ0v) is 17.5. The normalized spacial score (nSPS) is 14.6. The second-order valence-electron chi connectivity index (χ2n) is 6.99. The highest BCUT2D eigenvalue weighted by Gasteiger charge is 2.31. The van der Waals surface area contributed by atoms with Gasteiger partial charge in [-0.1, -0.05) is 30.3 Å². The molecule has 0 aliphatic carbocycles. The second-order valence-corrected chi connectivity index (χ2v) is 6.99. The fourth-order valence-electron chi connectivity index (χ4n) is 3.64. The molecule has 160 valence electrons. The quantitative estimate of drug-likeness (QED) is 0.481. The Kier molecular flexibility index (Phi) is 5.69. The van der Waals surface area contributed by atoms with Crippen molar-refractivity contribution >= 4 is 5.97 Å². The van der Waals surface area contributed by atoms with Gasteiger partial charge in [-0.15, -0.1) is 0 Å². The summed E-state index contributed by atoms with van der Waals surface area (Å²) < 4.78 is 21.8. The molecule has 7 heteroatoms. The lowest BCUT2D eigenvalue weighted by atomic mass is 9.83. The molecule has 1 aliphatic rings. The number of rotatable bonds is 5. The van der Waals surface area contributed by atoms with Crippen LogP contribution in [0.1, 0.15) is 27.4 Å². The number of para-hydroxylation sites is 1. The van der Waals surface area contributed by atoms with E-state index < -0.39 is 11.9 Å². The molecular weight excluding hydrogens is 408 g/mol. The van der Waals surface area contributed by atoms with Crippen molar-refractivity contribution in [2.24, 2.45) is 5.73 Å². The molecule has 0 spiro atoms. The molecule has 0 amide bonds. The van der Waals surface area contributed by atoms with Gasteiger partial charge in [0.05, 0.1) is 20.1 Å². The first-order valence-corrected chi connectivity index (χ1v) is 9.76. The third-order valence-electron chi connectivity index (χ3n) is 5.16. The van der Waals surface area contributed by atoms with Crippen LogP contribution in [0.15, 0.2) is 78.2 Å². The molecule has 3 aromatic carbocycles. The molecule has 32 heavy (non-hydrogen) atoms. The molecule has 2 N–H and O–H groups in total. The zero-order valence-electron chi connectivity index (χ0n) is 17.5. The Balaban J connectivity index is 1.70. The maximum atomic E-state index is 12.6. The highest BCUT2D eigenvalue weighted by atomic mass is 16.5. The standard InChI is InChI=1S/C25H20N2O5/c1-29-16-7-5-6-15(12-16)23-18-11-10-17(13-22(18)32-24(27)20(23)14-26)31-25(28)19-8-3-4-9-21(19)30-2/h3-13,23H,27H2,1-2H3. The number of ether oxygens (including phenoxy) is 4. The maximum absolute atomic E-state index is 12.6. The van der Waals surface area contributed by atoms with Crippen molar-refractivity contribution in [3.8, 4) is 29.1 Å². The Morgan fingerprint density at radius 1 is 1.00 bits per heavy atom. The summed E-state index contributed by atoms with van der Waals surface area (Å²) in [6, 6.07) is 21.3. The van der Waals surface area contributed by atoms with Crippen LogP contribution in [0, 0.1) is 11.3 Å². The number of methoxy groups -OCH3 is 2. The third-order valence-corrected chi connectivity index (χ3v) is 5.16. The van der Waals surface area contributed by atoms with Crippen LogP contribution in [-0.2, 0) is 0 Å². The Morgan fingerprint density at radius 2 is 1.81 bits per heavy atom. The number of allylic oxidation sites excluding steroid dienone is 1. The Bertz CT molecular complexity index is 1260. The van der Waals surface area contributed by atoms with Gasteiger partial charge < -0.3 is 24.7 Å². The molecule has 0 aromatic heterocycles. The summed E-state index contributed by atoms with van der Waals surface area (Å²) in [6.45, 7) is 0. The summed E-state index contributed by atoms with van der Waals surface area (Å²) in [5.41, 5.74) is 8.21. The van der Waals surface area contributed by atoms with Crippen LogP contribution >= 0.6 is 0 Å². The van der Waals surface area contributed by atoms with E-state index in [-0.39, 0.29) is 11.6 Å². The van der Waals surface area contributed by atoms with Gasteiger partial charge in [0.2, 0.25) is 5.88 Å². The average Bonchev–Trinajstić information content (AvgIpc) is 2.83. The molecule has 0 saturated carbocycles. The lowest BCUT2D eigenvalue weighted by Gasteiger charge is -2.27. The SMILES string of the molecule is COc1cccc(C2C(C#N)=C(N)Oc3cc(OC(=O)c4ccccc4OC)ccc32)c1. The van der Waals surface area contributed by atoms with E-state index in [9.17, 15) is 10.1 Å². The second kappa shape index (κ2) is 8.74. The molecule has 1 aliphatic heterocycles. The molecule has 0 bridgehead atoms. The molecule has 4 rings (SSSR count). The topological polar surface area (TPSA) is 104 Å². The smallest absolute Gasteiger partial charge is 0.347 e. The van der Waals surface area contributed by atoms with E-state index in [2.05, 4.69) is 6.07 Å². The van der Waals surface area contributed by atoms with Gasteiger partial charge in [0.15, 0.2) is 0 Å². The maximum Gasteiger partial charge on any atom is 0.347 e. The van der Waals surface area contributed by atoms with Gasteiger partial charge in [0.25, 0.3) is 0 Å². The fraction of sp³-hybridized carbons (Fsp3) is 0.120. The van der Waals surface area contributed by atoms with Crippen LogP contribution in [0.2, 0.25) is 0 Å². The number of nitrogens with two attached hydrogens (primary N) is 1. The van der Waals surface area contributed by atoms with E-state index in [1.807, 2.05) is 24.3 Å². The van der Waals surface area contributed by atoms with Gasteiger partial charge in [-0.05, 0) is 35.9 Å². The molecule has 1 heterocycles. The highest BCUT2D eigenvalue weighted by molar-refractivity contribution is 5.94. The largest absolute Gasteiger partial charge is 0.497 e.